The average molecular weight is 280 g/mol. The molecule has 1 amide bonds. The van der Waals surface area contributed by atoms with E-state index in [1.807, 2.05) is 0 Å². The summed E-state index contributed by atoms with van der Waals surface area (Å²) in [6.07, 6.45) is 9.65. The summed E-state index contributed by atoms with van der Waals surface area (Å²) in [5.41, 5.74) is 4.30. The summed E-state index contributed by atoms with van der Waals surface area (Å²) in [5, 5.41) is 4.32. The quantitative estimate of drug-likeness (QED) is 0.557. The van der Waals surface area contributed by atoms with E-state index in [0.29, 0.717) is 11.8 Å². The Balaban J connectivity index is 2.22. The second-order valence-corrected chi connectivity index (χ2v) is 7.16. The highest BCUT2D eigenvalue weighted by Gasteiger charge is 2.28. The summed E-state index contributed by atoms with van der Waals surface area (Å²) in [5.74, 6) is 0.859. The minimum atomic E-state index is 0.0755. The molecule has 1 saturated carbocycles. The molecular formula is C17H32N2O. The van der Waals surface area contributed by atoms with Crippen molar-refractivity contribution in [2.24, 2.45) is 16.4 Å². The van der Waals surface area contributed by atoms with E-state index in [9.17, 15) is 4.79 Å². The topological polar surface area (TPSA) is 41.5 Å². The lowest BCUT2D eigenvalue weighted by atomic mass is 9.72. The van der Waals surface area contributed by atoms with Crippen molar-refractivity contribution in [3.8, 4) is 0 Å². The van der Waals surface area contributed by atoms with E-state index in [4.69, 9.17) is 0 Å². The maximum absolute atomic E-state index is 11.7. The third-order valence-electron chi connectivity index (χ3n) is 4.38. The molecule has 0 spiro atoms. The Bertz CT molecular complexity index is 318. The highest BCUT2D eigenvalue weighted by molar-refractivity contribution is 5.86. The number of unbranched alkanes of at least 4 members (excludes halogenated alkanes) is 3. The van der Waals surface area contributed by atoms with Gasteiger partial charge in [0.2, 0.25) is 5.91 Å². The van der Waals surface area contributed by atoms with Crippen molar-refractivity contribution in [2.45, 2.75) is 85.5 Å². The first-order chi connectivity index (χ1) is 9.43. The Morgan fingerprint density at radius 2 is 1.85 bits per heavy atom. The molecule has 0 aromatic rings. The Kier molecular flexibility index (Phi) is 7.25. The fraction of sp³-hybridized carbons (Fsp3) is 0.882. The second kappa shape index (κ2) is 8.43. The fourth-order valence-electron chi connectivity index (χ4n) is 2.84. The van der Waals surface area contributed by atoms with Crippen LogP contribution >= 0.6 is 0 Å². The predicted molar refractivity (Wildman–Crippen MR) is 85.7 cm³/mol. The number of hydrazone groups is 1. The number of hydrogen-bond acceptors (Lipinski definition) is 2. The Morgan fingerprint density at radius 3 is 2.40 bits per heavy atom. The molecule has 0 aromatic heterocycles. The number of nitrogens with one attached hydrogen (secondary N) is 1. The van der Waals surface area contributed by atoms with Gasteiger partial charge in [0.15, 0.2) is 0 Å². The van der Waals surface area contributed by atoms with Gasteiger partial charge in [0.05, 0.1) is 0 Å². The van der Waals surface area contributed by atoms with Gasteiger partial charge in [-0.15, -0.1) is 0 Å². The Hall–Kier alpha value is -0.860. The molecule has 0 heterocycles. The Labute approximate surface area is 124 Å². The molecule has 116 valence electrons. The van der Waals surface area contributed by atoms with Gasteiger partial charge in [0, 0.05) is 12.1 Å². The van der Waals surface area contributed by atoms with Crippen LogP contribution in [0.5, 0.6) is 0 Å². The molecule has 0 unspecified atom stereocenters. The van der Waals surface area contributed by atoms with Gasteiger partial charge in [-0.2, -0.15) is 5.10 Å². The largest absolute Gasteiger partial charge is 0.273 e. The van der Waals surface area contributed by atoms with Gasteiger partial charge in [0.1, 0.15) is 0 Å². The molecule has 0 aliphatic heterocycles. The molecule has 0 bridgehead atoms. The van der Waals surface area contributed by atoms with Crippen molar-refractivity contribution in [2.75, 3.05) is 0 Å². The average Bonchev–Trinajstić information content (AvgIpc) is 2.41. The SMILES string of the molecule is CCCCCCC(=O)NN=C1CCC(C(C)(C)C)CC1. The van der Waals surface area contributed by atoms with Crippen LogP contribution in [0.4, 0.5) is 0 Å². The van der Waals surface area contributed by atoms with E-state index in [0.717, 1.165) is 31.6 Å². The lowest BCUT2D eigenvalue weighted by Gasteiger charge is -2.34. The summed E-state index contributed by atoms with van der Waals surface area (Å²) in [6, 6.07) is 0. The van der Waals surface area contributed by atoms with Crippen molar-refractivity contribution >= 4 is 11.6 Å². The number of nitrogens with zero attached hydrogens (tertiary/aromatic N) is 1. The molecule has 20 heavy (non-hydrogen) atoms. The molecule has 1 fully saturated rings. The van der Waals surface area contributed by atoms with E-state index >= 15 is 0 Å². The smallest absolute Gasteiger partial charge is 0.240 e. The molecule has 1 rings (SSSR count). The van der Waals surface area contributed by atoms with E-state index in [1.165, 1.54) is 31.4 Å². The summed E-state index contributed by atoms with van der Waals surface area (Å²) in [6.45, 7) is 9.13. The third-order valence-corrected chi connectivity index (χ3v) is 4.38. The normalized spacial score (nSPS) is 19.8. The standard InChI is InChI=1S/C17H32N2O/c1-5-6-7-8-9-16(20)19-18-15-12-10-14(11-13-15)17(2,3)4/h14H,5-13H2,1-4H3,(H,19,20). The van der Waals surface area contributed by atoms with E-state index in [1.54, 1.807) is 0 Å². The molecule has 0 saturated heterocycles. The van der Waals surface area contributed by atoms with E-state index in [2.05, 4.69) is 38.2 Å². The number of carbonyl (C=O) groups excluding carboxylic acids is 1. The van der Waals surface area contributed by atoms with Gasteiger partial charge >= 0.3 is 0 Å². The van der Waals surface area contributed by atoms with Crippen molar-refractivity contribution in [3.05, 3.63) is 0 Å². The fourth-order valence-corrected chi connectivity index (χ4v) is 2.84. The van der Waals surface area contributed by atoms with Gasteiger partial charge < -0.3 is 0 Å². The first-order valence-electron chi connectivity index (χ1n) is 8.27. The van der Waals surface area contributed by atoms with E-state index in [-0.39, 0.29) is 5.91 Å². The van der Waals surface area contributed by atoms with Crippen molar-refractivity contribution in [1.29, 1.82) is 0 Å². The maximum Gasteiger partial charge on any atom is 0.240 e. The molecule has 3 heteroatoms. The van der Waals surface area contributed by atoms with Crippen LogP contribution in [0, 0.1) is 11.3 Å². The van der Waals surface area contributed by atoms with Gasteiger partial charge in [-0.3, -0.25) is 4.79 Å². The number of carbonyl (C=O) groups is 1. The second-order valence-electron chi connectivity index (χ2n) is 7.16. The first-order valence-corrected chi connectivity index (χ1v) is 8.27. The van der Waals surface area contributed by atoms with Crippen LogP contribution in [0.3, 0.4) is 0 Å². The van der Waals surface area contributed by atoms with Gasteiger partial charge in [-0.05, 0) is 43.4 Å². The third kappa shape index (κ3) is 6.53. The van der Waals surface area contributed by atoms with Gasteiger partial charge in [-0.25, -0.2) is 5.43 Å². The van der Waals surface area contributed by atoms with Gasteiger partial charge in [0.25, 0.3) is 0 Å². The zero-order valence-corrected chi connectivity index (χ0v) is 13.8. The van der Waals surface area contributed by atoms with Crippen molar-refractivity contribution in [3.63, 3.8) is 0 Å². The highest BCUT2D eigenvalue weighted by Crippen LogP contribution is 2.36. The van der Waals surface area contributed by atoms with Crippen molar-refractivity contribution in [1.82, 2.24) is 5.43 Å². The summed E-state index contributed by atoms with van der Waals surface area (Å²) >= 11 is 0. The van der Waals surface area contributed by atoms with Crippen LogP contribution < -0.4 is 5.43 Å². The van der Waals surface area contributed by atoms with Crippen LogP contribution in [0.1, 0.15) is 85.5 Å². The molecule has 0 aromatic carbocycles. The van der Waals surface area contributed by atoms with Gasteiger partial charge in [-0.1, -0.05) is 47.0 Å². The maximum atomic E-state index is 11.7. The zero-order valence-electron chi connectivity index (χ0n) is 13.8. The minimum absolute atomic E-state index is 0.0755. The van der Waals surface area contributed by atoms with Crippen LogP contribution in [0.25, 0.3) is 0 Å². The van der Waals surface area contributed by atoms with Crippen LogP contribution in [-0.2, 0) is 4.79 Å². The summed E-state index contributed by atoms with van der Waals surface area (Å²) in [4.78, 5) is 11.7. The van der Waals surface area contributed by atoms with Crippen molar-refractivity contribution < 1.29 is 4.79 Å². The first kappa shape index (κ1) is 17.2. The summed E-state index contributed by atoms with van der Waals surface area (Å²) in [7, 11) is 0. The van der Waals surface area contributed by atoms with E-state index < -0.39 is 0 Å². The number of amides is 1. The lowest BCUT2D eigenvalue weighted by molar-refractivity contribution is -0.121. The molecular weight excluding hydrogens is 248 g/mol. The molecule has 1 N–H and O–H groups in total. The Morgan fingerprint density at radius 1 is 1.20 bits per heavy atom. The lowest BCUT2D eigenvalue weighted by Crippen LogP contribution is -2.27. The number of hydrogen-bond donors (Lipinski definition) is 1. The van der Waals surface area contributed by atoms with Crippen LogP contribution in [0.15, 0.2) is 5.10 Å². The predicted octanol–water partition coefficient (Wildman–Crippen LogP) is 4.67. The molecule has 3 nitrogen and oxygen atoms in total. The highest BCUT2D eigenvalue weighted by atomic mass is 16.2. The monoisotopic (exact) mass is 280 g/mol. The molecule has 0 atom stereocenters. The molecule has 1 aliphatic carbocycles. The minimum Gasteiger partial charge on any atom is -0.273 e. The summed E-state index contributed by atoms with van der Waals surface area (Å²) < 4.78 is 0. The van der Waals surface area contributed by atoms with Crippen LogP contribution in [0.2, 0.25) is 0 Å². The molecule has 1 aliphatic rings. The molecule has 0 radical (unpaired) electrons. The van der Waals surface area contributed by atoms with Crippen LogP contribution in [-0.4, -0.2) is 11.6 Å². The zero-order chi connectivity index (χ0) is 15.0. The number of rotatable bonds is 6.